The fourth-order valence-electron chi connectivity index (χ4n) is 2.53. The van der Waals surface area contributed by atoms with Crippen LogP contribution >= 0.6 is 15.9 Å². The number of benzene rings is 1. The van der Waals surface area contributed by atoms with E-state index >= 15 is 0 Å². The van der Waals surface area contributed by atoms with Crippen molar-refractivity contribution in [3.05, 3.63) is 28.2 Å². The van der Waals surface area contributed by atoms with Gasteiger partial charge in [-0.2, -0.15) is 0 Å². The molecule has 1 aromatic carbocycles. The van der Waals surface area contributed by atoms with Crippen LogP contribution in [0.3, 0.4) is 0 Å². The third kappa shape index (κ3) is 7.32. The Labute approximate surface area is 138 Å². The average molecular weight is 357 g/mol. The molecule has 0 radical (unpaired) electrons. The van der Waals surface area contributed by atoms with Crippen molar-refractivity contribution in [1.29, 1.82) is 0 Å². The molecule has 1 N–H and O–H groups in total. The van der Waals surface area contributed by atoms with Crippen LogP contribution in [0.2, 0.25) is 0 Å². The van der Waals surface area contributed by atoms with Gasteiger partial charge in [-0.25, -0.2) is 0 Å². The fraction of sp³-hybridized carbons (Fsp3) is 0.667. The summed E-state index contributed by atoms with van der Waals surface area (Å²) in [5.41, 5.74) is 0.964. The summed E-state index contributed by atoms with van der Waals surface area (Å²) in [5, 5.41) is 10.2. The molecule has 0 aliphatic carbocycles. The van der Waals surface area contributed by atoms with Crippen molar-refractivity contribution in [1.82, 2.24) is 0 Å². The number of methoxy groups -OCH3 is 1. The molecular weight excluding hydrogens is 328 g/mol. The highest BCUT2D eigenvalue weighted by Gasteiger charge is 2.09. The van der Waals surface area contributed by atoms with Crippen molar-refractivity contribution in [3.8, 4) is 5.75 Å². The SMILES string of the molecule is CCCCCCCCCCC(O)c1ccc(OC)c(Br)c1. The highest BCUT2D eigenvalue weighted by molar-refractivity contribution is 9.10. The number of aliphatic hydroxyl groups excluding tert-OH is 1. The maximum Gasteiger partial charge on any atom is 0.133 e. The zero-order chi connectivity index (χ0) is 15.5. The van der Waals surface area contributed by atoms with E-state index in [0.717, 1.165) is 28.6 Å². The van der Waals surface area contributed by atoms with Crippen molar-refractivity contribution >= 4 is 15.9 Å². The largest absolute Gasteiger partial charge is 0.496 e. The van der Waals surface area contributed by atoms with E-state index in [9.17, 15) is 5.11 Å². The fourth-order valence-corrected chi connectivity index (χ4v) is 3.09. The van der Waals surface area contributed by atoms with Gasteiger partial charge in [0.05, 0.1) is 17.7 Å². The highest BCUT2D eigenvalue weighted by atomic mass is 79.9. The third-order valence-corrected chi connectivity index (χ3v) is 4.51. The quantitative estimate of drug-likeness (QED) is 0.491. The summed E-state index contributed by atoms with van der Waals surface area (Å²) in [6.45, 7) is 2.25. The number of hydrogen-bond donors (Lipinski definition) is 1. The molecule has 0 fully saturated rings. The van der Waals surface area contributed by atoms with Gasteiger partial charge in [-0.05, 0) is 40.0 Å². The second-order valence-electron chi connectivity index (χ2n) is 5.67. The van der Waals surface area contributed by atoms with Gasteiger partial charge in [0, 0.05) is 0 Å². The summed E-state index contributed by atoms with van der Waals surface area (Å²) in [7, 11) is 1.65. The first kappa shape index (κ1) is 18.5. The normalized spacial score (nSPS) is 12.4. The summed E-state index contributed by atoms with van der Waals surface area (Å²) in [5.74, 6) is 0.804. The first-order valence-corrected chi connectivity index (χ1v) is 8.99. The molecule has 0 aliphatic heterocycles. The number of halogens is 1. The predicted molar refractivity (Wildman–Crippen MR) is 92.9 cm³/mol. The molecule has 120 valence electrons. The minimum Gasteiger partial charge on any atom is -0.496 e. The Morgan fingerprint density at radius 3 is 2.24 bits per heavy atom. The van der Waals surface area contributed by atoms with Gasteiger partial charge in [0.15, 0.2) is 0 Å². The van der Waals surface area contributed by atoms with Crippen LogP contribution in [0.5, 0.6) is 5.75 Å². The topological polar surface area (TPSA) is 29.5 Å². The molecule has 1 unspecified atom stereocenters. The van der Waals surface area contributed by atoms with E-state index in [1.165, 1.54) is 44.9 Å². The van der Waals surface area contributed by atoms with Crippen molar-refractivity contribution < 1.29 is 9.84 Å². The van der Waals surface area contributed by atoms with E-state index < -0.39 is 0 Å². The minimum absolute atomic E-state index is 0.368. The monoisotopic (exact) mass is 356 g/mol. The molecule has 0 amide bonds. The van der Waals surface area contributed by atoms with Crippen LogP contribution in [0.4, 0.5) is 0 Å². The van der Waals surface area contributed by atoms with Crippen LogP contribution in [0.25, 0.3) is 0 Å². The lowest BCUT2D eigenvalue weighted by atomic mass is 10.0. The number of aliphatic hydroxyl groups is 1. The molecule has 0 aromatic heterocycles. The Kier molecular flexibility index (Phi) is 9.77. The van der Waals surface area contributed by atoms with Gasteiger partial charge in [-0.15, -0.1) is 0 Å². The molecule has 21 heavy (non-hydrogen) atoms. The van der Waals surface area contributed by atoms with E-state index in [-0.39, 0.29) is 6.10 Å². The molecule has 1 atom stereocenters. The molecule has 0 heterocycles. The van der Waals surface area contributed by atoms with Crippen molar-refractivity contribution in [2.24, 2.45) is 0 Å². The Hall–Kier alpha value is -0.540. The Morgan fingerprint density at radius 1 is 1.05 bits per heavy atom. The van der Waals surface area contributed by atoms with Gasteiger partial charge in [0.25, 0.3) is 0 Å². The molecule has 2 nitrogen and oxygen atoms in total. The van der Waals surface area contributed by atoms with Gasteiger partial charge in [-0.1, -0.05) is 64.4 Å². The number of unbranched alkanes of at least 4 members (excludes halogenated alkanes) is 7. The second-order valence-corrected chi connectivity index (χ2v) is 6.53. The summed E-state index contributed by atoms with van der Waals surface area (Å²) < 4.78 is 6.10. The summed E-state index contributed by atoms with van der Waals surface area (Å²) in [6.07, 6.45) is 10.8. The van der Waals surface area contributed by atoms with E-state index in [4.69, 9.17) is 4.74 Å². The molecule has 3 heteroatoms. The summed E-state index contributed by atoms with van der Waals surface area (Å²) in [6, 6.07) is 5.80. The number of rotatable bonds is 11. The Balaban J connectivity index is 2.19. The zero-order valence-corrected chi connectivity index (χ0v) is 15.0. The highest BCUT2D eigenvalue weighted by Crippen LogP contribution is 2.29. The molecule has 0 saturated heterocycles. The van der Waals surface area contributed by atoms with Crippen molar-refractivity contribution in [3.63, 3.8) is 0 Å². The van der Waals surface area contributed by atoms with E-state index in [1.807, 2.05) is 18.2 Å². The predicted octanol–water partition coefficient (Wildman–Crippen LogP) is 6.02. The smallest absolute Gasteiger partial charge is 0.133 e. The molecule has 0 spiro atoms. The molecule has 0 aliphatic rings. The lowest BCUT2D eigenvalue weighted by molar-refractivity contribution is 0.163. The van der Waals surface area contributed by atoms with Crippen molar-refractivity contribution in [2.75, 3.05) is 7.11 Å². The van der Waals surface area contributed by atoms with E-state index in [2.05, 4.69) is 22.9 Å². The zero-order valence-electron chi connectivity index (χ0n) is 13.4. The maximum absolute atomic E-state index is 10.2. The Morgan fingerprint density at radius 2 is 1.67 bits per heavy atom. The number of ether oxygens (including phenoxy) is 1. The van der Waals surface area contributed by atoms with E-state index in [1.54, 1.807) is 7.11 Å². The average Bonchev–Trinajstić information content (AvgIpc) is 2.49. The van der Waals surface area contributed by atoms with E-state index in [0.29, 0.717) is 0 Å². The minimum atomic E-state index is -0.368. The van der Waals surface area contributed by atoms with Crippen LogP contribution in [0, 0.1) is 0 Å². The maximum atomic E-state index is 10.2. The van der Waals surface area contributed by atoms with Gasteiger partial charge >= 0.3 is 0 Å². The standard InChI is InChI=1S/C18H29BrO2/c1-3-4-5-6-7-8-9-10-11-17(20)15-12-13-18(21-2)16(19)14-15/h12-14,17,20H,3-11H2,1-2H3. The van der Waals surface area contributed by atoms with Crippen LogP contribution in [0.1, 0.15) is 76.4 Å². The lowest BCUT2D eigenvalue weighted by Crippen LogP contribution is -1.98. The molecule has 0 bridgehead atoms. The molecule has 1 rings (SSSR count). The summed E-state index contributed by atoms with van der Waals surface area (Å²) >= 11 is 3.46. The van der Waals surface area contributed by atoms with Crippen molar-refractivity contribution in [2.45, 2.75) is 70.8 Å². The Bertz CT molecular complexity index is 393. The van der Waals surface area contributed by atoms with Crippen LogP contribution in [-0.2, 0) is 0 Å². The third-order valence-electron chi connectivity index (χ3n) is 3.89. The molecule has 1 aromatic rings. The molecule has 0 saturated carbocycles. The van der Waals surface area contributed by atoms with Crippen LogP contribution in [-0.4, -0.2) is 12.2 Å². The first-order chi connectivity index (χ1) is 10.2. The lowest BCUT2D eigenvalue weighted by Gasteiger charge is -2.12. The summed E-state index contributed by atoms with van der Waals surface area (Å²) in [4.78, 5) is 0. The van der Waals surface area contributed by atoms with Crippen LogP contribution < -0.4 is 4.74 Å². The van der Waals surface area contributed by atoms with Gasteiger partial charge < -0.3 is 9.84 Å². The van der Waals surface area contributed by atoms with Gasteiger partial charge in [0.1, 0.15) is 5.75 Å². The van der Waals surface area contributed by atoms with Gasteiger partial charge in [0.2, 0.25) is 0 Å². The molecular formula is C18H29BrO2. The number of hydrogen-bond acceptors (Lipinski definition) is 2. The second kappa shape index (κ2) is 11.1. The van der Waals surface area contributed by atoms with Crippen LogP contribution in [0.15, 0.2) is 22.7 Å². The first-order valence-electron chi connectivity index (χ1n) is 8.20. The van der Waals surface area contributed by atoms with Gasteiger partial charge in [-0.3, -0.25) is 0 Å².